The Morgan fingerprint density at radius 2 is 0.760 bits per heavy atom. The number of benzene rings is 5. The molecule has 0 aliphatic heterocycles. The average Bonchev–Trinajstić information content (AvgIpc) is 3.93. The lowest BCUT2D eigenvalue weighted by Gasteiger charge is -2.32. The van der Waals surface area contributed by atoms with Crippen LogP contribution in [0.3, 0.4) is 0 Å². The van der Waals surface area contributed by atoms with Crippen molar-refractivity contribution in [1.82, 2.24) is 0 Å². The normalized spacial score (nSPS) is 12.5. The van der Waals surface area contributed by atoms with Gasteiger partial charge in [-0.15, -0.1) is 22.7 Å². The molecular weight excluding hydrogens is 687 g/mol. The van der Waals surface area contributed by atoms with E-state index in [1.54, 1.807) is 0 Å². The van der Waals surface area contributed by atoms with E-state index < -0.39 is 15.8 Å². The average molecular weight is 723 g/mol. The van der Waals surface area contributed by atoms with Crippen molar-refractivity contribution in [2.75, 3.05) is 0 Å². The first kappa shape index (κ1) is 34.2. The van der Waals surface area contributed by atoms with Crippen molar-refractivity contribution >= 4 is 71.3 Å². The maximum absolute atomic E-state index is 14.0. The molecule has 0 amide bonds. The zero-order valence-electron chi connectivity index (χ0n) is 27.4. The van der Waals surface area contributed by atoms with Crippen molar-refractivity contribution in [3.05, 3.63) is 201 Å². The molecule has 0 radical (unpaired) electrons. The first-order chi connectivity index (χ1) is 24.7. The molecule has 2 nitrogen and oxygen atoms in total. The van der Waals surface area contributed by atoms with Crippen molar-refractivity contribution in [3.8, 4) is 0 Å². The summed E-state index contributed by atoms with van der Waals surface area (Å²) in [6, 6.07) is 59.3. The molecule has 0 unspecified atom stereocenters. The van der Waals surface area contributed by atoms with Gasteiger partial charge in [-0.2, -0.15) is 0 Å². The van der Waals surface area contributed by atoms with E-state index in [0.717, 1.165) is 20.9 Å². The van der Waals surface area contributed by atoms with Gasteiger partial charge < -0.3 is 0 Å². The van der Waals surface area contributed by atoms with Gasteiger partial charge in [0.15, 0.2) is 11.6 Å². The van der Waals surface area contributed by atoms with Crippen LogP contribution in [0.1, 0.15) is 54.6 Å². The van der Waals surface area contributed by atoms with E-state index in [9.17, 15) is 9.59 Å². The van der Waals surface area contributed by atoms with Crippen LogP contribution in [-0.2, 0) is 0 Å². The van der Waals surface area contributed by atoms with Gasteiger partial charge in [0.2, 0.25) is 0 Å². The zero-order chi connectivity index (χ0) is 34.1. The van der Waals surface area contributed by atoms with Crippen molar-refractivity contribution in [1.29, 1.82) is 0 Å². The largest absolute Gasteiger partial charge is 0.293 e. The number of thiophene rings is 2. The Bertz CT molecular complexity index is 1870. The number of hydrogen-bond donors (Lipinski definition) is 0. The second-order valence-electron chi connectivity index (χ2n) is 12.0. The Morgan fingerprint density at radius 3 is 1.06 bits per heavy atom. The Labute approximate surface area is 305 Å². The highest BCUT2D eigenvalue weighted by atomic mass is 32.1. The summed E-state index contributed by atoms with van der Waals surface area (Å²) in [5.41, 5.74) is 2.13. The number of hydrogen-bond acceptors (Lipinski definition) is 4. The second-order valence-corrected chi connectivity index (χ2v) is 18.7. The lowest BCUT2D eigenvalue weighted by Crippen LogP contribution is -2.21. The van der Waals surface area contributed by atoms with Gasteiger partial charge in [0, 0.05) is 24.2 Å². The predicted molar refractivity (Wildman–Crippen MR) is 217 cm³/mol. The molecule has 6 heteroatoms. The van der Waals surface area contributed by atoms with Crippen LogP contribution in [0, 0.1) is 0 Å². The fourth-order valence-corrected chi connectivity index (χ4v) is 13.5. The lowest BCUT2D eigenvalue weighted by atomic mass is 10.00. The fourth-order valence-electron chi connectivity index (χ4n) is 6.49. The maximum atomic E-state index is 14.0. The molecule has 5 aromatic carbocycles. The first-order valence-electron chi connectivity index (χ1n) is 16.7. The predicted octanol–water partition coefficient (Wildman–Crippen LogP) is 10.7. The van der Waals surface area contributed by atoms with Crippen LogP contribution in [0.4, 0.5) is 0 Å². The molecule has 0 N–H and O–H groups in total. The molecule has 2 heterocycles. The topological polar surface area (TPSA) is 34.1 Å². The summed E-state index contributed by atoms with van der Waals surface area (Å²) in [6.45, 7) is 0. The molecule has 7 rings (SSSR count). The molecule has 0 aliphatic rings. The summed E-state index contributed by atoms with van der Waals surface area (Å²) >= 11 is 3.02. The Hall–Kier alpha value is -4.30. The minimum absolute atomic E-state index is 0.0716. The van der Waals surface area contributed by atoms with Crippen LogP contribution in [0.2, 0.25) is 0 Å². The van der Waals surface area contributed by atoms with Gasteiger partial charge in [-0.25, -0.2) is 0 Å². The molecule has 7 aromatic rings. The van der Waals surface area contributed by atoms with Crippen LogP contribution in [-0.4, -0.2) is 11.6 Å². The molecule has 246 valence electrons. The molecule has 0 spiro atoms. The Kier molecular flexibility index (Phi) is 11.3. The van der Waals surface area contributed by atoms with E-state index in [4.69, 9.17) is 0 Å². The third kappa shape index (κ3) is 8.02. The van der Waals surface area contributed by atoms with E-state index >= 15 is 0 Å². The first-order valence-corrected chi connectivity index (χ1v) is 21.3. The van der Waals surface area contributed by atoms with Gasteiger partial charge in [0.05, 0.1) is 9.75 Å². The summed E-state index contributed by atoms with van der Waals surface area (Å²) in [4.78, 5) is 29.6. The molecule has 50 heavy (non-hydrogen) atoms. The third-order valence-electron chi connectivity index (χ3n) is 8.79. The van der Waals surface area contributed by atoms with Gasteiger partial charge in [-0.3, -0.25) is 9.59 Å². The van der Waals surface area contributed by atoms with Crippen LogP contribution < -0.4 is 21.2 Å². The van der Waals surface area contributed by atoms with Gasteiger partial charge >= 0.3 is 0 Å². The quantitative estimate of drug-likeness (QED) is 0.0827. The molecule has 2 atom stereocenters. The van der Waals surface area contributed by atoms with E-state index in [-0.39, 0.29) is 22.9 Å². The van der Waals surface area contributed by atoms with Crippen LogP contribution in [0.15, 0.2) is 181 Å². The zero-order valence-corrected chi connectivity index (χ0v) is 30.8. The summed E-state index contributed by atoms with van der Waals surface area (Å²) in [5, 5.41) is 8.91. The molecule has 0 fully saturated rings. The molecule has 2 aromatic heterocycles. The second kappa shape index (κ2) is 16.6. The molecular formula is C44H36O2P2S2. The van der Waals surface area contributed by atoms with Gasteiger partial charge in [0.25, 0.3) is 0 Å². The minimum Gasteiger partial charge on any atom is -0.293 e. The minimum atomic E-state index is -0.956. The summed E-state index contributed by atoms with van der Waals surface area (Å²) in [5.74, 6) is 0.324. The maximum Gasteiger partial charge on any atom is 0.173 e. The van der Waals surface area contributed by atoms with Gasteiger partial charge in [-0.1, -0.05) is 158 Å². The third-order valence-corrected chi connectivity index (χ3v) is 16.2. The Balaban J connectivity index is 1.39. The number of Topliss-reactive ketones (excluding diaryl/α,β-unsaturated/α-hetero) is 2. The van der Waals surface area contributed by atoms with E-state index in [1.807, 2.05) is 35.0 Å². The van der Waals surface area contributed by atoms with Gasteiger partial charge in [-0.05, 0) is 71.1 Å². The van der Waals surface area contributed by atoms with Crippen molar-refractivity contribution in [3.63, 3.8) is 0 Å². The van der Waals surface area contributed by atoms with Crippen molar-refractivity contribution < 1.29 is 9.59 Å². The molecule has 0 saturated carbocycles. The van der Waals surface area contributed by atoms with E-state index in [2.05, 4.69) is 146 Å². The summed E-state index contributed by atoms with van der Waals surface area (Å²) in [7, 11) is -1.91. The van der Waals surface area contributed by atoms with Crippen LogP contribution in [0.25, 0.3) is 0 Å². The summed E-state index contributed by atoms with van der Waals surface area (Å²) < 4.78 is 0. The highest BCUT2D eigenvalue weighted by molar-refractivity contribution is 7.73. The standard InChI is InChI=1S/C44H36O2P2S2/c45-39(43-26-14-28-49-43)31-41(47(35-18-5-1-6-19-35)36-20-7-2-8-21-36)33-16-13-17-34(30-33)42(32-40(46)44-27-15-29-50-44)48(37-22-9-3-10-23-37)38-24-11-4-12-25-38/h1-30,41-42H,31-32H2/t41-,42-/m0/s1. The van der Waals surface area contributed by atoms with Crippen molar-refractivity contribution in [2.24, 2.45) is 0 Å². The summed E-state index contributed by atoms with van der Waals surface area (Å²) in [6.07, 6.45) is 0.786. The van der Waals surface area contributed by atoms with Crippen LogP contribution in [0.5, 0.6) is 0 Å². The lowest BCUT2D eigenvalue weighted by molar-refractivity contribution is 0.0978. The molecule has 0 aliphatic carbocycles. The van der Waals surface area contributed by atoms with Crippen LogP contribution >= 0.6 is 38.5 Å². The molecule has 0 bridgehead atoms. The monoisotopic (exact) mass is 722 g/mol. The number of rotatable bonds is 14. The Morgan fingerprint density at radius 1 is 0.420 bits per heavy atom. The smallest absolute Gasteiger partial charge is 0.173 e. The van der Waals surface area contributed by atoms with E-state index in [0.29, 0.717) is 12.8 Å². The molecule has 0 saturated heterocycles. The number of carbonyl (C=O) groups excluding carboxylic acids is 2. The fraction of sp³-hybridized carbons (Fsp3) is 0.0909. The number of ketones is 2. The highest BCUT2D eigenvalue weighted by Gasteiger charge is 2.32. The van der Waals surface area contributed by atoms with Crippen molar-refractivity contribution in [2.45, 2.75) is 24.2 Å². The SMILES string of the molecule is O=C(C[C@@H](c1cccc([C@H](CC(=O)c2cccs2)P(c2ccccc2)c2ccccc2)c1)P(c1ccccc1)c1ccccc1)c1cccs1. The van der Waals surface area contributed by atoms with Gasteiger partial charge in [0.1, 0.15) is 0 Å². The van der Waals surface area contributed by atoms with E-state index in [1.165, 1.54) is 43.9 Å². The number of carbonyl (C=O) groups is 2. The highest BCUT2D eigenvalue weighted by Crippen LogP contribution is 2.55.